The van der Waals surface area contributed by atoms with Gasteiger partial charge in [-0.3, -0.25) is 0 Å². The number of nitrogens with one attached hydrogen (secondary N) is 2. The molecule has 0 saturated carbocycles. The molecule has 0 spiro atoms. The lowest BCUT2D eigenvalue weighted by Crippen LogP contribution is -3.28. The molecular weight excluding hydrogens is 316 g/mol. The highest BCUT2D eigenvalue weighted by Gasteiger charge is 2.34. The quantitative estimate of drug-likeness (QED) is 0.585. The van der Waals surface area contributed by atoms with Gasteiger partial charge in [-0.05, 0) is 35.3 Å². The van der Waals surface area contributed by atoms with E-state index in [4.69, 9.17) is 4.74 Å². The van der Waals surface area contributed by atoms with E-state index in [2.05, 4.69) is 36.0 Å². The van der Waals surface area contributed by atoms with Gasteiger partial charge >= 0.3 is 0 Å². The van der Waals surface area contributed by atoms with E-state index in [0.717, 1.165) is 44.8 Å². The van der Waals surface area contributed by atoms with Gasteiger partial charge in [-0.15, -0.1) is 5.10 Å². The molecule has 3 heterocycles. The zero-order valence-corrected chi connectivity index (χ0v) is 15.8. The van der Waals surface area contributed by atoms with E-state index >= 15 is 0 Å². The molecule has 7 heteroatoms. The SMILES string of the molecule is C=CC[NH+]1CC[NH+]([C@@H](CC(C)C)c2nnnn2C[C@@H]2CCCO2)CC1. The number of ether oxygens (including phenoxy) is 1. The number of tetrazole rings is 1. The fourth-order valence-corrected chi connectivity index (χ4v) is 4.18. The molecule has 2 atom stereocenters. The van der Waals surface area contributed by atoms with Crippen LogP contribution in [0.2, 0.25) is 0 Å². The molecule has 25 heavy (non-hydrogen) atoms. The normalized spacial score (nSPS) is 28.4. The van der Waals surface area contributed by atoms with Gasteiger partial charge in [0.1, 0.15) is 26.2 Å². The molecule has 2 aliphatic rings. The molecule has 0 amide bonds. The lowest BCUT2D eigenvalue weighted by atomic mass is 10.0. The third kappa shape index (κ3) is 4.86. The van der Waals surface area contributed by atoms with Crippen LogP contribution in [-0.4, -0.2) is 65.6 Å². The third-order valence-corrected chi connectivity index (χ3v) is 5.50. The Bertz CT molecular complexity index is 531. The average molecular weight is 351 g/mol. The second-order valence-electron chi connectivity index (χ2n) is 7.94. The Morgan fingerprint density at radius 3 is 2.76 bits per heavy atom. The Kier molecular flexibility index (Phi) is 6.56. The fraction of sp³-hybridized carbons (Fsp3) is 0.833. The molecule has 1 aromatic rings. The van der Waals surface area contributed by atoms with Crippen LogP contribution < -0.4 is 9.80 Å². The monoisotopic (exact) mass is 350 g/mol. The highest BCUT2D eigenvalue weighted by Crippen LogP contribution is 2.19. The van der Waals surface area contributed by atoms with Crippen LogP contribution in [0, 0.1) is 5.92 Å². The lowest BCUT2D eigenvalue weighted by Gasteiger charge is -2.34. The number of rotatable bonds is 8. The zero-order valence-electron chi connectivity index (χ0n) is 15.8. The van der Waals surface area contributed by atoms with E-state index in [9.17, 15) is 0 Å². The Morgan fingerprint density at radius 2 is 2.12 bits per heavy atom. The van der Waals surface area contributed by atoms with Crippen molar-refractivity contribution in [1.82, 2.24) is 20.2 Å². The summed E-state index contributed by atoms with van der Waals surface area (Å²) in [4.78, 5) is 3.27. The first-order valence-corrected chi connectivity index (χ1v) is 9.84. The van der Waals surface area contributed by atoms with E-state index in [0.29, 0.717) is 12.0 Å². The van der Waals surface area contributed by atoms with Crippen molar-refractivity contribution < 1.29 is 14.5 Å². The number of piperazine rings is 1. The van der Waals surface area contributed by atoms with Crippen LogP contribution >= 0.6 is 0 Å². The van der Waals surface area contributed by atoms with Gasteiger partial charge in [0, 0.05) is 13.0 Å². The number of hydrogen-bond donors (Lipinski definition) is 2. The van der Waals surface area contributed by atoms with Gasteiger partial charge in [0.25, 0.3) is 0 Å². The molecule has 1 aromatic heterocycles. The van der Waals surface area contributed by atoms with Gasteiger partial charge in [0.15, 0.2) is 6.04 Å². The number of aromatic nitrogens is 4. The van der Waals surface area contributed by atoms with Crippen LogP contribution in [0.1, 0.15) is 45.0 Å². The molecule has 0 aromatic carbocycles. The van der Waals surface area contributed by atoms with Crippen LogP contribution in [0.25, 0.3) is 0 Å². The molecule has 140 valence electrons. The van der Waals surface area contributed by atoms with E-state index in [1.165, 1.54) is 26.2 Å². The first-order chi connectivity index (χ1) is 12.2. The maximum atomic E-state index is 5.79. The summed E-state index contributed by atoms with van der Waals surface area (Å²) in [5, 5.41) is 12.7. The van der Waals surface area contributed by atoms with Crippen molar-refractivity contribution in [3.63, 3.8) is 0 Å². The predicted molar refractivity (Wildman–Crippen MR) is 95.4 cm³/mol. The maximum absolute atomic E-state index is 5.79. The Morgan fingerprint density at radius 1 is 1.32 bits per heavy atom. The molecular formula is C18H34N6O+2. The summed E-state index contributed by atoms with van der Waals surface area (Å²) in [5.41, 5.74) is 0. The second-order valence-corrected chi connectivity index (χ2v) is 7.94. The molecule has 0 radical (unpaired) electrons. The van der Waals surface area contributed by atoms with E-state index in [1.54, 1.807) is 9.80 Å². The smallest absolute Gasteiger partial charge is 0.209 e. The first kappa shape index (κ1) is 18.5. The van der Waals surface area contributed by atoms with Crippen LogP contribution in [0.3, 0.4) is 0 Å². The van der Waals surface area contributed by atoms with Gasteiger partial charge in [-0.1, -0.05) is 20.4 Å². The van der Waals surface area contributed by atoms with Gasteiger partial charge in [-0.2, -0.15) is 0 Å². The third-order valence-electron chi connectivity index (χ3n) is 5.50. The summed E-state index contributed by atoms with van der Waals surface area (Å²) in [6.07, 6.45) is 5.69. The highest BCUT2D eigenvalue weighted by molar-refractivity contribution is 4.89. The van der Waals surface area contributed by atoms with Crippen molar-refractivity contribution in [2.75, 3.05) is 39.3 Å². The van der Waals surface area contributed by atoms with Crippen molar-refractivity contribution >= 4 is 0 Å². The Balaban J connectivity index is 1.70. The molecule has 0 aliphatic carbocycles. The molecule has 2 N–H and O–H groups in total. The molecule has 2 saturated heterocycles. The zero-order chi connectivity index (χ0) is 17.6. The maximum Gasteiger partial charge on any atom is 0.209 e. The van der Waals surface area contributed by atoms with Crippen molar-refractivity contribution in [2.24, 2.45) is 5.92 Å². The van der Waals surface area contributed by atoms with Crippen LogP contribution in [-0.2, 0) is 11.3 Å². The summed E-state index contributed by atoms with van der Waals surface area (Å²) >= 11 is 0. The van der Waals surface area contributed by atoms with Crippen molar-refractivity contribution in [2.45, 2.75) is 51.8 Å². The Labute approximate surface area is 151 Å². The fourth-order valence-electron chi connectivity index (χ4n) is 4.18. The number of hydrogen-bond acceptors (Lipinski definition) is 4. The summed E-state index contributed by atoms with van der Waals surface area (Å²) in [5.74, 6) is 1.68. The van der Waals surface area contributed by atoms with Gasteiger partial charge < -0.3 is 14.5 Å². The van der Waals surface area contributed by atoms with Gasteiger partial charge in [-0.25, -0.2) is 4.68 Å². The minimum Gasteiger partial charge on any atom is -0.376 e. The lowest BCUT2D eigenvalue weighted by molar-refractivity contribution is -1.03. The minimum atomic E-state index is 0.269. The van der Waals surface area contributed by atoms with Gasteiger partial charge in [0.2, 0.25) is 5.82 Å². The van der Waals surface area contributed by atoms with Crippen molar-refractivity contribution in [1.29, 1.82) is 0 Å². The van der Waals surface area contributed by atoms with Crippen LogP contribution in [0.15, 0.2) is 12.7 Å². The Hall–Kier alpha value is -1.31. The summed E-state index contributed by atoms with van der Waals surface area (Å²) in [7, 11) is 0. The first-order valence-electron chi connectivity index (χ1n) is 9.84. The van der Waals surface area contributed by atoms with Gasteiger partial charge in [0.05, 0.1) is 19.2 Å². The molecule has 2 fully saturated rings. The summed E-state index contributed by atoms with van der Waals surface area (Å²) < 4.78 is 7.81. The molecule has 0 bridgehead atoms. The highest BCUT2D eigenvalue weighted by atomic mass is 16.5. The van der Waals surface area contributed by atoms with E-state index < -0.39 is 0 Å². The second kappa shape index (κ2) is 8.87. The van der Waals surface area contributed by atoms with Crippen LogP contribution in [0.4, 0.5) is 0 Å². The summed E-state index contributed by atoms with van der Waals surface area (Å²) in [6, 6.07) is 0.377. The molecule has 3 rings (SSSR count). The standard InChI is InChI=1S/C18H32N6O/c1-4-7-22-8-10-23(11-9-22)17(13-15(2)3)18-19-20-21-24(18)14-16-6-5-12-25-16/h4,15-17H,1,5-14H2,2-3H3/p+2/t16-,17-/m0/s1. The topological polar surface area (TPSA) is 61.7 Å². The largest absolute Gasteiger partial charge is 0.376 e. The van der Waals surface area contributed by atoms with Crippen LogP contribution in [0.5, 0.6) is 0 Å². The number of nitrogens with zero attached hydrogens (tertiary/aromatic N) is 4. The minimum absolute atomic E-state index is 0.269. The van der Waals surface area contributed by atoms with Crippen molar-refractivity contribution in [3.8, 4) is 0 Å². The summed E-state index contributed by atoms with van der Waals surface area (Å²) in [6.45, 7) is 15.9. The predicted octanol–water partition coefficient (Wildman–Crippen LogP) is -1.09. The van der Waals surface area contributed by atoms with Crippen molar-refractivity contribution in [3.05, 3.63) is 18.5 Å². The average Bonchev–Trinajstić information content (AvgIpc) is 3.26. The number of quaternary nitrogens is 2. The molecule has 7 nitrogen and oxygen atoms in total. The van der Waals surface area contributed by atoms with E-state index in [1.807, 2.05) is 10.8 Å². The molecule has 2 aliphatic heterocycles. The van der Waals surface area contributed by atoms with E-state index in [-0.39, 0.29) is 6.10 Å². The molecule has 0 unspecified atom stereocenters.